The van der Waals surface area contributed by atoms with Gasteiger partial charge in [-0.2, -0.15) is 5.10 Å². The molecule has 7 nitrogen and oxygen atoms in total. The first kappa shape index (κ1) is 23.2. The first-order chi connectivity index (χ1) is 14.2. The maximum atomic E-state index is 12.3. The highest BCUT2D eigenvalue weighted by Gasteiger charge is 2.15. The molecule has 8 heteroatoms. The van der Waals surface area contributed by atoms with Gasteiger partial charge in [-0.15, -0.1) is 0 Å². The lowest BCUT2D eigenvalue weighted by Crippen LogP contribution is -2.18. The van der Waals surface area contributed by atoms with Gasteiger partial charge in [0, 0.05) is 5.56 Å². The fourth-order valence-corrected chi connectivity index (χ4v) is 2.77. The van der Waals surface area contributed by atoms with E-state index in [9.17, 15) is 9.59 Å². The van der Waals surface area contributed by atoms with Gasteiger partial charge >= 0.3 is 5.97 Å². The number of methoxy groups -OCH3 is 2. The van der Waals surface area contributed by atoms with Crippen molar-refractivity contribution in [3.8, 4) is 11.5 Å². The van der Waals surface area contributed by atoms with Gasteiger partial charge in [-0.05, 0) is 40.8 Å². The number of hydrogen-bond acceptors (Lipinski definition) is 6. The van der Waals surface area contributed by atoms with Gasteiger partial charge in [-0.25, -0.2) is 10.2 Å². The molecule has 2 aromatic rings. The summed E-state index contributed by atoms with van der Waals surface area (Å²) >= 11 is 6.22. The van der Waals surface area contributed by atoms with Crippen LogP contribution in [-0.4, -0.2) is 38.9 Å². The molecule has 0 spiro atoms. The predicted octanol–water partition coefficient (Wildman–Crippen LogP) is 3.96. The number of halogens is 1. The zero-order valence-electron chi connectivity index (χ0n) is 17.6. The Morgan fingerprint density at radius 2 is 1.80 bits per heavy atom. The second-order valence-electron chi connectivity index (χ2n) is 7.43. The molecule has 1 N–H and O–H groups in total. The van der Waals surface area contributed by atoms with Crippen molar-refractivity contribution in [2.45, 2.75) is 26.2 Å². The summed E-state index contributed by atoms with van der Waals surface area (Å²) in [6, 6.07) is 10.6. The van der Waals surface area contributed by atoms with Crippen molar-refractivity contribution >= 4 is 29.7 Å². The number of carbonyl (C=O) groups is 2. The van der Waals surface area contributed by atoms with Crippen LogP contribution < -0.4 is 14.9 Å². The van der Waals surface area contributed by atoms with E-state index >= 15 is 0 Å². The van der Waals surface area contributed by atoms with Gasteiger partial charge in [0.1, 0.15) is 0 Å². The van der Waals surface area contributed by atoms with Crippen molar-refractivity contribution in [1.29, 1.82) is 0 Å². The van der Waals surface area contributed by atoms with E-state index in [4.69, 9.17) is 21.1 Å². The van der Waals surface area contributed by atoms with Crippen LogP contribution in [0.2, 0.25) is 5.02 Å². The largest absolute Gasteiger partial charge is 0.493 e. The summed E-state index contributed by atoms with van der Waals surface area (Å²) in [6.45, 7) is 6.02. The first-order valence-electron chi connectivity index (χ1n) is 9.16. The number of rotatable bonds is 7. The summed E-state index contributed by atoms with van der Waals surface area (Å²) < 4.78 is 15.1. The first-order valence-corrected chi connectivity index (χ1v) is 9.54. The van der Waals surface area contributed by atoms with E-state index in [2.05, 4.69) is 36.0 Å². The highest BCUT2D eigenvalue weighted by molar-refractivity contribution is 6.32. The molecule has 0 saturated carbocycles. The molecule has 0 fully saturated rings. The Morgan fingerprint density at radius 1 is 1.13 bits per heavy atom. The van der Waals surface area contributed by atoms with Crippen molar-refractivity contribution in [1.82, 2.24) is 5.43 Å². The Kier molecular flexibility index (Phi) is 7.83. The third-order valence-electron chi connectivity index (χ3n) is 4.21. The van der Waals surface area contributed by atoms with Crippen LogP contribution in [0.5, 0.6) is 11.5 Å². The van der Waals surface area contributed by atoms with Gasteiger partial charge < -0.3 is 14.2 Å². The smallest absolute Gasteiger partial charge is 0.343 e. The van der Waals surface area contributed by atoms with E-state index in [0.717, 1.165) is 5.56 Å². The Hall–Kier alpha value is -3.06. The van der Waals surface area contributed by atoms with Crippen LogP contribution in [0, 0.1) is 0 Å². The number of benzene rings is 2. The minimum absolute atomic E-state index is 0.0121. The summed E-state index contributed by atoms with van der Waals surface area (Å²) in [5.74, 6) is -0.346. The van der Waals surface area contributed by atoms with Crippen molar-refractivity contribution < 1.29 is 23.8 Å². The van der Waals surface area contributed by atoms with Crippen LogP contribution >= 0.6 is 11.6 Å². The molecule has 160 valence electrons. The number of hydrazone groups is 1. The molecule has 0 aliphatic heterocycles. The van der Waals surface area contributed by atoms with Gasteiger partial charge in [0.05, 0.1) is 25.5 Å². The number of esters is 1. The lowest BCUT2D eigenvalue weighted by Gasteiger charge is -2.18. The molecule has 2 aromatic carbocycles. The fraction of sp³-hybridized carbons (Fsp3) is 0.318. The number of nitrogens with one attached hydrogen (secondary N) is 1. The Bertz CT molecular complexity index is 934. The molecule has 2 rings (SSSR count). The minimum atomic E-state index is -0.544. The van der Waals surface area contributed by atoms with E-state index in [0.29, 0.717) is 16.9 Å². The van der Waals surface area contributed by atoms with Crippen LogP contribution in [0.3, 0.4) is 0 Å². The molecule has 0 aliphatic rings. The molecule has 0 atom stereocenters. The SMILES string of the molecule is COC(=O)COc1c(Cl)cc(/C=N\NC(=O)c2ccc(C(C)(C)C)cc2)cc1OC. The molecule has 0 aromatic heterocycles. The van der Waals surface area contributed by atoms with Crippen LogP contribution in [0.15, 0.2) is 41.5 Å². The minimum Gasteiger partial charge on any atom is -0.493 e. The van der Waals surface area contributed by atoms with Gasteiger partial charge in [0.15, 0.2) is 18.1 Å². The van der Waals surface area contributed by atoms with Gasteiger partial charge in [-0.3, -0.25) is 4.79 Å². The number of nitrogens with zero attached hydrogens (tertiary/aromatic N) is 1. The molecule has 1 amide bonds. The summed E-state index contributed by atoms with van der Waals surface area (Å²) in [5, 5.41) is 4.19. The van der Waals surface area contributed by atoms with E-state index in [1.54, 1.807) is 24.3 Å². The van der Waals surface area contributed by atoms with Crippen LogP contribution in [0.25, 0.3) is 0 Å². The van der Waals surface area contributed by atoms with Crippen molar-refractivity contribution in [3.63, 3.8) is 0 Å². The highest BCUT2D eigenvalue weighted by Crippen LogP contribution is 2.36. The standard InChI is InChI=1S/C22H25ClN2O5/c1-22(2,3)16-8-6-15(7-9-16)21(27)25-24-12-14-10-17(23)20(18(11-14)28-4)30-13-19(26)29-5/h6-12H,13H2,1-5H3,(H,25,27)/b24-12-. The number of carbonyl (C=O) groups excluding carboxylic acids is 2. The van der Waals surface area contributed by atoms with Crippen molar-refractivity contribution in [2.75, 3.05) is 20.8 Å². The summed E-state index contributed by atoms with van der Waals surface area (Å²) in [4.78, 5) is 23.5. The quantitative estimate of drug-likeness (QED) is 0.406. The fourth-order valence-electron chi connectivity index (χ4n) is 2.50. The Labute approximate surface area is 181 Å². The highest BCUT2D eigenvalue weighted by atomic mass is 35.5. The van der Waals surface area contributed by atoms with E-state index in [-0.39, 0.29) is 28.7 Å². The molecule has 30 heavy (non-hydrogen) atoms. The number of hydrogen-bond donors (Lipinski definition) is 1. The topological polar surface area (TPSA) is 86.2 Å². The molecule has 0 saturated heterocycles. The lowest BCUT2D eigenvalue weighted by atomic mass is 9.87. The second-order valence-corrected chi connectivity index (χ2v) is 7.83. The van der Waals surface area contributed by atoms with E-state index in [1.807, 2.05) is 12.1 Å². The van der Waals surface area contributed by atoms with E-state index < -0.39 is 5.97 Å². The maximum Gasteiger partial charge on any atom is 0.343 e. The summed E-state index contributed by atoms with van der Waals surface area (Å²) in [7, 11) is 2.71. The molecule has 0 unspecified atom stereocenters. The molecule has 0 bridgehead atoms. The molecule has 0 radical (unpaired) electrons. The molecular formula is C22H25ClN2O5. The molecule has 0 heterocycles. The number of ether oxygens (including phenoxy) is 3. The predicted molar refractivity (Wildman–Crippen MR) is 116 cm³/mol. The average molecular weight is 433 g/mol. The zero-order chi connectivity index (χ0) is 22.3. The molecular weight excluding hydrogens is 408 g/mol. The lowest BCUT2D eigenvalue weighted by molar-refractivity contribution is -0.142. The zero-order valence-corrected chi connectivity index (χ0v) is 18.4. The normalized spacial score (nSPS) is 11.3. The van der Waals surface area contributed by atoms with E-state index in [1.165, 1.54) is 20.4 Å². The average Bonchev–Trinajstić information content (AvgIpc) is 2.71. The third kappa shape index (κ3) is 6.22. The maximum absolute atomic E-state index is 12.3. The van der Waals surface area contributed by atoms with Gasteiger partial charge in [0.2, 0.25) is 0 Å². The summed E-state index contributed by atoms with van der Waals surface area (Å²) in [5.41, 5.74) is 4.71. The summed E-state index contributed by atoms with van der Waals surface area (Å²) in [6.07, 6.45) is 1.43. The van der Waals surface area contributed by atoms with Crippen LogP contribution in [0.1, 0.15) is 42.3 Å². The van der Waals surface area contributed by atoms with Crippen LogP contribution in [-0.2, 0) is 14.9 Å². The van der Waals surface area contributed by atoms with Crippen molar-refractivity contribution in [3.05, 3.63) is 58.1 Å². The van der Waals surface area contributed by atoms with Crippen LogP contribution in [0.4, 0.5) is 0 Å². The Morgan fingerprint density at radius 3 is 2.37 bits per heavy atom. The number of amides is 1. The monoisotopic (exact) mass is 432 g/mol. The second kappa shape index (κ2) is 10.1. The molecule has 0 aliphatic carbocycles. The van der Waals surface area contributed by atoms with Crippen molar-refractivity contribution in [2.24, 2.45) is 5.10 Å². The van der Waals surface area contributed by atoms with Gasteiger partial charge in [-0.1, -0.05) is 44.5 Å². The Balaban J connectivity index is 2.07. The van der Waals surface area contributed by atoms with Gasteiger partial charge in [0.25, 0.3) is 5.91 Å². The third-order valence-corrected chi connectivity index (χ3v) is 4.49.